The number of rotatable bonds is 4. The Morgan fingerprint density at radius 3 is 2.79 bits per heavy atom. The van der Waals surface area contributed by atoms with Crippen molar-refractivity contribution in [3.63, 3.8) is 0 Å². The van der Waals surface area contributed by atoms with E-state index in [0.29, 0.717) is 13.2 Å². The van der Waals surface area contributed by atoms with Crippen LogP contribution in [-0.2, 0) is 30.7 Å². The van der Waals surface area contributed by atoms with Gasteiger partial charge in [-0.05, 0) is 26.2 Å². The van der Waals surface area contributed by atoms with Crippen molar-refractivity contribution in [1.29, 1.82) is 0 Å². The van der Waals surface area contributed by atoms with E-state index < -0.39 is 0 Å². The summed E-state index contributed by atoms with van der Waals surface area (Å²) in [5.74, 6) is 3.74. The SMILES string of the molecule is COCc1nnc2n1[C@@H](C)CN(c1nc(-c3ccccc3)nc3c1CCC3)C2. The van der Waals surface area contributed by atoms with Gasteiger partial charge in [-0.3, -0.25) is 0 Å². The van der Waals surface area contributed by atoms with Crippen LogP contribution in [0.5, 0.6) is 0 Å². The van der Waals surface area contributed by atoms with Crippen LogP contribution in [-0.4, -0.2) is 38.4 Å². The summed E-state index contributed by atoms with van der Waals surface area (Å²) >= 11 is 0. The maximum absolute atomic E-state index is 5.28. The van der Waals surface area contributed by atoms with Gasteiger partial charge in [-0.1, -0.05) is 30.3 Å². The summed E-state index contributed by atoms with van der Waals surface area (Å²) < 4.78 is 7.49. The van der Waals surface area contributed by atoms with E-state index in [1.165, 1.54) is 11.3 Å². The molecule has 7 nitrogen and oxygen atoms in total. The average molecular weight is 376 g/mol. The van der Waals surface area contributed by atoms with Crippen LogP contribution in [0, 0.1) is 0 Å². The van der Waals surface area contributed by atoms with Gasteiger partial charge < -0.3 is 14.2 Å². The highest BCUT2D eigenvalue weighted by molar-refractivity contribution is 5.61. The summed E-state index contributed by atoms with van der Waals surface area (Å²) in [6.45, 7) is 4.27. The Labute approximate surface area is 164 Å². The van der Waals surface area contributed by atoms with Crippen LogP contribution in [0.2, 0.25) is 0 Å². The predicted octanol–water partition coefficient (Wildman–Crippen LogP) is 2.95. The fourth-order valence-corrected chi connectivity index (χ4v) is 4.39. The van der Waals surface area contributed by atoms with Crippen molar-refractivity contribution in [1.82, 2.24) is 24.7 Å². The minimum atomic E-state index is 0.260. The third kappa shape index (κ3) is 2.86. The summed E-state index contributed by atoms with van der Waals surface area (Å²) in [6, 6.07) is 10.5. The van der Waals surface area contributed by atoms with Gasteiger partial charge in [0.15, 0.2) is 17.5 Å². The second-order valence-electron chi connectivity index (χ2n) is 7.58. The number of nitrogens with zero attached hydrogens (tertiary/aromatic N) is 6. The monoisotopic (exact) mass is 376 g/mol. The molecule has 0 radical (unpaired) electrons. The number of aryl methyl sites for hydroxylation is 1. The molecule has 1 aliphatic heterocycles. The molecule has 144 valence electrons. The molecule has 5 rings (SSSR count). The first kappa shape index (κ1) is 17.3. The van der Waals surface area contributed by atoms with E-state index in [2.05, 4.69) is 38.7 Å². The molecule has 3 heterocycles. The minimum absolute atomic E-state index is 0.260. The van der Waals surface area contributed by atoms with Crippen molar-refractivity contribution >= 4 is 5.82 Å². The van der Waals surface area contributed by atoms with Crippen LogP contribution in [0.4, 0.5) is 5.82 Å². The number of methoxy groups -OCH3 is 1. The van der Waals surface area contributed by atoms with E-state index in [9.17, 15) is 0 Å². The number of hydrogen-bond acceptors (Lipinski definition) is 6. The first-order valence-corrected chi connectivity index (χ1v) is 9.86. The normalized spacial score (nSPS) is 18.2. The van der Waals surface area contributed by atoms with Gasteiger partial charge in [-0.2, -0.15) is 0 Å². The van der Waals surface area contributed by atoms with Crippen LogP contribution < -0.4 is 4.90 Å². The number of aromatic nitrogens is 5. The van der Waals surface area contributed by atoms with Crippen molar-refractivity contribution in [3.05, 3.63) is 53.2 Å². The zero-order valence-corrected chi connectivity index (χ0v) is 16.3. The average Bonchev–Trinajstić information content (AvgIpc) is 3.35. The summed E-state index contributed by atoms with van der Waals surface area (Å²) in [5.41, 5.74) is 3.56. The quantitative estimate of drug-likeness (QED) is 0.697. The van der Waals surface area contributed by atoms with Gasteiger partial charge in [0.05, 0.1) is 12.6 Å². The first-order chi connectivity index (χ1) is 13.7. The molecule has 0 saturated carbocycles. The lowest BCUT2D eigenvalue weighted by Gasteiger charge is -2.34. The molecule has 1 atom stereocenters. The third-order valence-corrected chi connectivity index (χ3v) is 5.61. The summed E-state index contributed by atoms with van der Waals surface area (Å²) in [4.78, 5) is 12.3. The highest BCUT2D eigenvalue weighted by Crippen LogP contribution is 2.34. The number of ether oxygens (including phenoxy) is 1. The van der Waals surface area contributed by atoms with Gasteiger partial charge in [0.2, 0.25) is 0 Å². The largest absolute Gasteiger partial charge is 0.377 e. The Kier molecular flexibility index (Phi) is 4.31. The van der Waals surface area contributed by atoms with Gasteiger partial charge in [0.1, 0.15) is 12.4 Å². The van der Waals surface area contributed by atoms with Crippen LogP contribution in [0.25, 0.3) is 11.4 Å². The van der Waals surface area contributed by atoms with Gasteiger partial charge in [-0.15, -0.1) is 10.2 Å². The molecule has 3 aromatic rings. The lowest BCUT2D eigenvalue weighted by atomic mass is 10.1. The first-order valence-electron chi connectivity index (χ1n) is 9.86. The number of hydrogen-bond donors (Lipinski definition) is 0. The molecule has 0 spiro atoms. The molecule has 1 aromatic carbocycles. The molecule has 0 amide bonds. The fraction of sp³-hybridized carbons (Fsp3) is 0.429. The summed E-state index contributed by atoms with van der Waals surface area (Å²) in [5, 5.41) is 8.76. The smallest absolute Gasteiger partial charge is 0.161 e. The molecule has 7 heteroatoms. The van der Waals surface area contributed by atoms with Crippen molar-refractivity contribution < 1.29 is 4.74 Å². The molecule has 0 bridgehead atoms. The maximum atomic E-state index is 5.28. The number of anilines is 1. The lowest BCUT2D eigenvalue weighted by Crippen LogP contribution is -2.38. The molecule has 2 aromatic heterocycles. The fourth-order valence-electron chi connectivity index (χ4n) is 4.39. The molecular weight excluding hydrogens is 352 g/mol. The van der Waals surface area contributed by atoms with E-state index in [1.54, 1.807) is 7.11 Å². The standard InChI is InChI=1S/C21H24N6O/c1-14-11-26(12-18-24-25-19(13-28-2)27(14)18)21-16-9-6-10-17(16)22-20(23-21)15-7-4-3-5-8-15/h3-5,7-8,14H,6,9-13H2,1-2H3/t14-/m0/s1. The minimum Gasteiger partial charge on any atom is -0.377 e. The second-order valence-corrected chi connectivity index (χ2v) is 7.58. The van der Waals surface area contributed by atoms with E-state index in [-0.39, 0.29) is 6.04 Å². The highest BCUT2D eigenvalue weighted by atomic mass is 16.5. The molecule has 0 N–H and O–H groups in total. The Balaban J connectivity index is 1.55. The van der Waals surface area contributed by atoms with E-state index in [0.717, 1.165) is 54.7 Å². The van der Waals surface area contributed by atoms with E-state index in [4.69, 9.17) is 14.7 Å². The molecule has 0 unspecified atom stereocenters. The van der Waals surface area contributed by atoms with Crippen molar-refractivity contribution in [3.8, 4) is 11.4 Å². The molecule has 28 heavy (non-hydrogen) atoms. The number of fused-ring (bicyclic) bond motifs is 2. The summed E-state index contributed by atoms with van der Waals surface area (Å²) in [6.07, 6.45) is 3.22. The topological polar surface area (TPSA) is 69.0 Å². The predicted molar refractivity (Wildman–Crippen MR) is 106 cm³/mol. The zero-order chi connectivity index (χ0) is 19.1. The molecule has 0 saturated heterocycles. The van der Waals surface area contributed by atoms with Gasteiger partial charge >= 0.3 is 0 Å². The zero-order valence-electron chi connectivity index (χ0n) is 16.3. The van der Waals surface area contributed by atoms with Crippen LogP contribution in [0.3, 0.4) is 0 Å². The van der Waals surface area contributed by atoms with E-state index >= 15 is 0 Å². The molecule has 0 fully saturated rings. The Morgan fingerprint density at radius 2 is 1.96 bits per heavy atom. The molecule has 2 aliphatic rings. The van der Waals surface area contributed by atoms with Gasteiger partial charge in [0.25, 0.3) is 0 Å². The van der Waals surface area contributed by atoms with Crippen LogP contribution in [0.1, 0.15) is 42.3 Å². The Hall–Kier alpha value is -2.80. The Bertz CT molecular complexity index is 1000. The van der Waals surface area contributed by atoms with E-state index in [1.807, 2.05) is 18.2 Å². The maximum Gasteiger partial charge on any atom is 0.161 e. The van der Waals surface area contributed by atoms with Crippen LogP contribution in [0.15, 0.2) is 30.3 Å². The molecule has 1 aliphatic carbocycles. The third-order valence-electron chi connectivity index (χ3n) is 5.61. The van der Waals surface area contributed by atoms with Crippen LogP contribution >= 0.6 is 0 Å². The number of benzene rings is 1. The second kappa shape index (κ2) is 6.98. The van der Waals surface area contributed by atoms with Crippen molar-refractivity contribution in [2.45, 2.75) is 45.4 Å². The lowest BCUT2D eigenvalue weighted by molar-refractivity contribution is 0.171. The van der Waals surface area contributed by atoms with Gasteiger partial charge in [0, 0.05) is 30.5 Å². The van der Waals surface area contributed by atoms with Crippen molar-refractivity contribution in [2.75, 3.05) is 18.6 Å². The summed E-state index contributed by atoms with van der Waals surface area (Å²) in [7, 11) is 1.69. The molecular formula is C21H24N6O. The van der Waals surface area contributed by atoms with Gasteiger partial charge in [-0.25, -0.2) is 9.97 Å². The Morgan fingerprint density at radius 1 is 1.11 bits per heavy atom. The highest BCUT2D eigenvalue weighted by Gasteiger charge is 2.30. The van der Waals surface area contributed by atoms with Crippen molar-refractivity contribution in [2.24, 2.45) is 0 Å².